The van der Waals surface area contributed by atoms with Gasteiger partial charge in [-0.05, 0) is 24.0 Å². The molecule has 1 N–H and O–H groups in total. The van der Waals surface area contributed by atoms with Gasteiger partial charge in [-0.15, -0.1) is 5.10 Å². The third-order valence-electron chi connectivity index (χ3n) is 4.00. The minimum atomic E-state index is -0.872. The molecule has 2 unspecified atom stereocenters. The molecular formula is C15H15N3O3S. The normalized spacial score (nSPS) is 21.0. The standard InChI is InChI=1S/C15H15N3O3S/c1-9-13(22-17-16-9)14(19)18-7-11(12(8-18)15(20)21)10-5-3-2-4-6-10/h2-6,11-12H,7-8H2,1H3,(H,20,21). The molecule has 1 aliphatic heterocycles. The molecule has 1 saturated heterocycles. The Morgan fingerprint density at radius 3 is 2.59 bits per heavy atom. The molecule has 1 amide bonds. The van der Waals surface area contributed by atoms with Gasteiger partial charge in [-0.1, -0.05) is 34.8 Å². The molecule has 6 nitrogen and oxygen atoms in total. The number of aryl methyl sites for hydroxylation is 1. The summed E-state index contributed by atoms with van der Waals surface area (Å²) in [5.41, 5.74) is 1.54. The molecule has 3 rings (SSSR count). The summed E-state index contributed by atoms with van der Waals surface area (Å²) in [4.78, 5) is 26.2. The Morgan fingerprint density at radius 1 is 1.27 bits per heavy atom. The minimum Gasteiger partial charge on any atom is -0.481 e. The number of amides is 1. The number of carboxylic acids is 1. The highest BCUT2D eigenvalue weighted by Gasteiger charge is 2.41. The first-order valence-electron chi connectivity index (χ1n) is 6.94. The van der Waals surface area contributed by atoms with Crippen LogP contribution in [0.4, 0.5) is 0 Å². The Balaban J connectivity index is 1.86. The van der Waals surface area contributed by atoms with Gasteiger partial charge in [-0.2, -0.15) is 0 Å². The predicted molar refractivity (Wildman–Crippen MR) is 80.9 cm³/mol. The lowest BCUT2D eigenvalue weighted by molar-refractivity contribution is -0.141. The van der Waals surface area contributed by atoms with Crippen molar-refractivity contribution < 1.29 is 14.7 Å². The second-order valence-corrected chi connectivity index (χ2v) is 6.11. The molecule has 1 aromatic heterocycles. The molecule has 0 radical (unpaired) electrons. The lowest BCUT2D eigenvalue weighted by Crippen LogP contribution is -2.29. The Labute approximate surface area is 131 Å². The van der Waals surface area contributed by atoms with Crippen LogP contribution in [0.3, 0.4) is 0 Å². The van der Waals surface area contributed by atoms with Gasteiger partial charge in [-0.3, -0.25) is 9.59 Å². The van der Waals surface area contributed by atoms with Crippen molar-refractivity contribution in [1.82, 2.24) is 14.5 Å². The number of carbonyl (C=O) groups excluding carboxylic acids is 1. The average molecular weight is 317 g/mol. The van der Waals surface area contributed by atoms with Gasteiger partial charge in [0.05, 0.1) is 11.6 Å². The van der Waals surface area contributed by atoms with Gasteiger partial charge >= 0.3 is 5.97 Å². The molecule has 1 aliphatic rings. The SMILES string of the molecule is Cc1nnsc1C(=O)N1CC(C(=O)O)C(c2ccccc2)C1. The molecule has 2 atom stereocenters. The molecule has 0 aliphatic carbocycles. The van der Waals surface area contributed by atoms with Crippen molar-refractivity contribution in [1.29, 1.82) is 0 Å². The van der Waals surface area contributed by atoms with Crippen molar-refractivity contribution in [2.45, 2.75) is 12.8 Å². The van der Waals surface area contributed by atoms with E-state index in [-0.39, 0.29) is 18.4 Å². The molecular weight excluding hydrogens is 302 g/mol. The van der Waals surface area contributed by atoms with Gasteiger partial charge in [0.2, 0.25) is 0 Å². The monoisotopic (exact) mass is 317 g/mol. The quantitative estimate of drug-likeness (QED) is 0.933. The summed E-state index contributed by atoms with van der Waals surface area (Å²) in [5.74, 6) is -1.84. The Kier molecular flexibility index (Phi) is 3.89. The Morgan fingerprint density at radius 2 is 2.00 bits per heavy atom. The van der Waals surface area contributed by atoms with Crippen molar-refractivity contribution in [2.75, 3.05) is 13.1 Å². The van der Waals surface area contributed by atoms with Gasteiger partial charge in [0, 0.05) is 19.0 Å². The minimum absolute atomic E-state index is 0.183. The molecule has 22 heavy (non-hydrogen) atoms. The van der Waals surface area contributed by atoms with Crippen LogP contribution in [0.2, 0.25) is 0 Å². The maximum Gasteiger partial charge on any atom is 0.308 e. The summed E-state index contributed by atoms with van der Waals surface area (Å²) >= 11 is 1.05. The second kappa shape index (κ2) is 5.84. The molecule has 1 fully saturated rings. The number of likely N-dealkylation sites (tertiary alicyclic amines) is 1. The van der Waals surface area contributed by atoms with Crippen molar-refractivity contribution in [3.05, 3.63) is 46.5 Å². The van der Waals surface area contributed by atoms with Gasteiger partial charge in [0.1, 0.15) is 4.88 Å². The first-order chi connectivity index (χ1) is 10.6. The summed E-state index contributed by atoms with van der Waals surface area (Å²) in [5, 5.41) is 13.3. The van der Waals surface area contributed by atoms with Gasteiger partial charge in [0.15, 0.2) is 0 Å². The largest absolute Gasteiger partial charge is 0.481 e. The van der Waals surface area contributed by atoms with Crippen LogP contribution in [0.25, 0.3) is 0 Å². The Hall–Kier alpha value is -2.28. The molecule has 0 bridgehead atoms. The number of carboxylic acid groups (broad SMARTS) is 1. The zero-order valence-corrected chi connectivity index (χ0v) is 12.8. The van der Waals surface area contributed by atoms with E-state index in [9.17, 15) is 14.7 Å². The molecule has 2 heterocycles. The second-order valence-electron chi connectivity index (χ2n) is 5.36. The summed E-state index contributed by atoms with van der Waals surface area (Å²) in [6.45, 7) is 2.35. The van der Waals surface area contributed by atoms with Crippen molar-refractivity contribution in [2.24, 2.45) is 5.92 Å². The molecule has 1 aromatic carbocycles. The number of aromatic nitrogens is 2. The summed E-state index contributed by atoms with van der Waals surface area (Å²) in [6, 6.07) is 9.48. The van der Waals surface area contributed by atoms with Crippen LogP contribution in [0.15, 0.2) is 30.3 Å². The van der Waals surface area contributed by atoms with Crippen molar-refractivity contribution >= 4 is 23.4 Å². The molecule has 0 saturated carbocycles. The molecule has 114 valence electrons. The molecule has 2 aromatic rings. The highest BCUT2D eigenvalue weighted by atomic mass is 32.1. The summed E-state index contributed by atoms with van der Waals surface area (Å²) in [7, 11) is 0. The van der Waals surface area contributed by atoms with Crippen LogP contribution < -0.4 is 0 Å². The van der Waals surface area contributed by atoms with E-state index in [1.807, 2.05) is 30.3 Å². The first kappa shape index (κ1) is 14.6. The fourth-order valence-corrected chi connectivity index (χ4v) is 3.45. The van der Waals surface area contributed by atoms with E-state index in [2.05, 4.69) is 9.59 Å². The van der Waals surface area contributed by atoms with E-state index in [0.717, 1.165) is 17.1 Å². The van der Waals surface area contributed by atoms with Gasteiger partial charge < -0.3 is 10.0 Å². The van der Waals surface area contributed by atoms with Gasteiger partial charge in [0.25, 0.3) is 5.91 Å². The highest BCUT2D eigenvalue weighted by Crippen LogP contribution is 2.34. The van der Waals surface area contributed by atoms with Crippen LogP contribution in [0.5, 0.6) is 0 Å². The third kappa shape index (κ3) is 2.59. The average Bonchev–Trinajstić information content (AvgIpc) is 3.14. The van der Waals surface area contributed by atoms with Crippen LogP contribution in [-0.4, -0.2) is 44.6 Å². The van der Waals surface area contributed by atoms with E-state index >= 15 is 0 Å². The number of nitrogens with zero attached hydrogens (tertiary/aromatic N) is 3. The number of hydrogen-bond donors (Lipinski definition) is 1. The zero-order valence-electron chi connectivity index (χ0n) is 12.0. The summed E-state index contributed by atoms with van der Waals surface area (Å²) in [6.07, 6.45) is 0. The number of carbonyl (C=O) groups is 2. The lowest BCUT2D eigenvalue weighted by atomic mass is 9.89. The topological polar surface area (TPSA) is 83.4 Å². The van der Waals surface area contributed by atoms with Crippen LogP contribution in [0.1, 0.15) is 26.8 Å². The number of rotatable bonds is 3. The number of aliphatic carboxylic acids is 1. The van der Waals surface area contributed by atoms with Crippen molar-refractivity contribution in [3.8, 4) is 0 Å². The van der Waals surface area contributed by atoms with Crippen molar-refractivity contribution in [3.63, 3.8) is 0 Å². The van der Waals surface area contributed by atoms with E-state index in [1.165, 1.54) is 0 Å². The lowest BCUT2D eigenvalue weighted by Gasteiger charge is -2.15. The maximum atomic E-state index is 12.5. The predicted octanol–water partition coefficient (Wildman–Crippen LogP) is 1.79. The Bertz CT molecular complexity index is 701. The summed E-state index contributed by atoms with van der Waals surface area (Å²) < 4.78 is 3.77. The smallest absolute Gasteiger partial charge is 0.308 e. The zero-order chi connectivity index (χ0) is 15.7. The molecule has 0 spiro atoms. The van der Waals surface area contributed by atoms with Crippen LogP contribution in [-0.2, 0) is 4.79 Å². The third-order valence-corrected chi connectivity index (χ3v) is 4.81. The number of benzene rings is 1. The van der Waals surface area contributed by atoms with Crippen LogP contribution >= 0.6 is 11.5 Å². The van der Waals surface area contributed by atoms with E-state index in [1.54, 1.807) is 11.8 Å². The fourth-order valence-electron chi connectivity index (χ4n) is 2.83. The number of hydrogen-bond acceptors (Lipinski definition) is 5. The van der Waals surface area contributed by atoms with E-state index < -0.39 is 11.9 Å². The maximum absolute atomic E-state index is 12.5. The van der Waals surface area contributed by atoms with Crippen LogP contribution in [0, 0.1) is 12.8 Å². The highest BCUT2D eigenvalue weighted by molar-refractivity contribution is 7.07. The van der Waals surface area contributed by atoms with Gasteiger partial charge in [-0.25, -0.2) is 0 Å². The fraction of sp³-hybridized carbons (Fsp3) is 0.333. The molecule has 7 heteroatoms. The first-order valence-corrected chi connectivity index (χ1v) is 7.71. The van der Waals surface area contributed by atoms with E-state index in [4.69, 9.17) is 0 Å². The van der Waals surface area contributed by atoms with E-state index in [0.29, 0.717) is 17.1 Å².